The monoisotopic (exact) mass is 565 g/mol. The van der Waals surface area contributed by atoms with Crippen LogP contribution in [0.2, 0.25) is 10.0 Å². The highest BCUT2D eigenvalue weighted by Crippen LogP contribution is 2.35. The fraction of sp³-hybridized carbons (Fsp3) is 0.143. The summed E-state index contributed by atoms with van der Waals surface area (Å²) >= 11 is 12.8. The summed E-state index contributed by atoms with van der Waals surface area (Å²) < 4.78 is 22.9. The number of hydrogen-bond donors (Lipinski definition) is 0. The molecule has 0 saturated carbocycles. The van der Waals surface area contributed by atoms with Crippen molar-refractivity contribution in [3.8, 4) is 23.1 Å². The number of benzene rings is 3. The maximum atomic E-state index is 13.5. The third-order valence-electron chi connectivity index (χ3n) is 5.89. The van der Waals surface area contributed by atoms with E-state index in [1.54, 1.807) is 61.7 Å². The van der Waals surface area contributed by atoms with Gasteiger partial charge >= 0.3 is 5.97 Å². The average Bonchev–Trinajstić information content (AvgIpc) is 3.38. The Morgan fingerprint density at radius 1 is 1.05 bits per heavy atom. The summed E-state index contributed by atoms with van der Waals surface area (Å²) in [5, 5.41) is 5.82. The van der Waals surface area contributed by atoms with Crippen molar-refractivity contribution < 1.29 is 23.4 Å². The van der Waals surface area contributed by atoms with Gasteiger partial charge in [0.25, 0.3) is 5.56 Å². The van der Waals surface area contributed by atoms with E-state index in [4.69, 9.17) is 37.1 Å². The first-order chi connectivity index (χ1) is 18.8. The quantitative estimate of drug-likeness (QED) is 0.177. The Morgan fingerprint density at radius 3 is 2.51 bits per heavy atom. The van der Waals surface area contributed by atoms with Gasteiger partial charge in [-0.25, -0.2) is 9.78 Å². The molecule has 0 spiro atoms. The van der Waals surface area contributed by atoms with Gasteiger partial charge in [-0.3, -0.25) is 4.79 Å². The highest BCUT2D eigenvalue weighted by Gasteiger charge is 2.20. The third kappa shape index (κ3) is 5.06. The van der Waals surface area contributed by atoms with Gasteiger partial charge in [0.05, 0.1) is 46.8 Å². The summed E-state index contributed by atoms with van der Waals surface area (Å²) in [5.74, 6) is 0.679. The molecule has 0 saturated heterocycles. The molecule has 2 heterocycles. The number of furan rings is 1. The SMILES string of the molecule is COC(=O)[C@@H](C)Oc1c(Cl)cc(C=Nn2c(-c3cc4c(OC)cccc4o3)nc3ccccc3c2=O)cc1Cl. The Balaban J connectivity index is 1.60. The molecule has 2 aromatic heterocycles. The van der Waals surface area contributed by atoms with E-state index in [2.05, 4.69) is 14.8 Å². The fourth-order valence-corrected chi connectivity index (χ4v) is 4.59. The molecule has 0 aliphatic heterocycles. The molecule has 0 fully saturated rings. The summed E-state index contributed by atoms with van der Waals surface area (Å²) in [4.78, 5) is 29.9. The van der Waals surface area contributed by atoms with Crippen LogP contribution in [0.15, 0.2) is 75.0 Å². The van der Waals surface area contributed by atoms with Crippen LogP contribution in [-0.4, -0.2) is 42.2 Å². The van der Waals surface area contributed by atoms with Gasteiger partial charge in [0, 0.05) is 0 Å². The van der Waals surface area contributed by atoms with Crippen LogP contribution in [0.5, 0.6) is 11.5 Å². The number of rotatable bonds is 7. The number of halogens is 2. The summed E-state index contributed by atoms with van der Waals surface area (Å²) in [6, 6.07) is 17.2. The number of carbonyl (C=O) groups is 1. The zero-order valence-corrected chi connectivity index (χ0v) is 22.5. The molecular formula is C28H21Cl2N3O6. The molecule has 0 aliphatic carbocycles. The van der Waals surface area contributed by atoms with Gasteiger partial charge in [-0.05, 0) is 55.0 Å². The predicted octanol–water partition coefficient (Wildman–Crippen LogP) is 5.95. The first kappa shape index (κ1) is 26.3. The minimum absolute atomic E-state index is 0.120. The van der Waals surface area contributed by atoms with Crippen LogP contribution in [0.25, 0.3) is 33.5 Å². The lowest BCUT2D eigenvalue weighted by Gasteiger charge is -2.15. The van der Waals surface area contributed by atoms with E-state index in [9.17, 15) is 9.59 Å². The van der Waals surface area contributed by atoms with E-state index in [1.165, 1.54) is 20.2 Å². The largest absolute Gasteiger partial charge is 0.496 e. The van der Waals surface area contributed by atoms with Crippen LogP contribution in [0.3, 0.4) is 0 Å². The summed E-state index contributed by atoms with van der Waals surface area (Å²) in [6.07, 6.45) is 0.493. The molecule has 5 rings (SSSR count). The number of fused-ring (bicyclic) bond motifs is 2. The minimum Gasteiger partial charge on any atom is -0.496 e. The number of ether oxygens (including phenoxy) is 3. The normalized spacial score (nSPS) is 12.2. The van der Waals surface area contributed by atoms with Gasteiger partial charge < -0.3 is 18.6 Å². The Kier molecular flexibility index (Phi) is 7.28. The Hall–Kier alpha value is -4.34. The third-order valence-corrected chi connectivity index (χ3v) is 6.45. The van der Waals surface area contributed by atoms with Crippen molar-refractivity contribution in [1.82, 2.24) is 9.66 Å². The highest BCUT2D eigenvalue weighted by molar-refractivity contribution is 6.37. The van der Waals surface area contributed by atoms with Crippen molar-refractivity contribution in [2.24, 2.45) is 5.10 Å². The summed E-state index contributed by atoms with van der Waals surface area (Å²) in [5.41, 5.74) is 1.13. The lowest BCUT2D eigenvalue weighted by Crippen LogP contribution is -2.25. The van der Waals surface area contributed by atoms with Crippen molar-refractivity contribution in [3.05, 3.63) is 86.6 Å². The molecule has 9 nitrogen and oxygen atoms in total. The van der Waals surface area contributed by atoms with Gasteiger partial charge in [0.15, 0.2) is 17.6 Å². The van der Waals surface area contributed by atoms with E-state index < -0.39 is 17.6 Å². The second-order valence-electron chi connectivity index (χ2n) is 8.39. The molecule has 0 bridgehead atoms. The van der Waals surface area contributed by atoms with Crippen molar-refractivity contribution in [2.45, 2.75) is 13.0 Å². The topological polar surface area (TPSA) is 105 Å². The van der Waals surface area contributed by atoms with Crippen LogP contribution in [0, 0.1) is 0 Å². The molecule has 198 valence electrons. The van der Waals surface area contributed by atoms with E-state index >= 15 is 0 Å². The van der Waals surface area contributed by atoms with Gasteiger partial charge in [0.2, 0.25) is 5.82 Å². The number of carbonyl (C=O) groups excluding carboxylic acids is 1. The van der Waals surface area contributed by atoms with E-state index in [0.717, 1.165) is 10.1 Å². The molecule has 0 N–H and O–H groups in total. The van der Waals surface area contributed by atoms with Gasteiger partial charge in [0.1, 0.15) is 11.3 Å². The molecule has 1 atom stereocenters. The number of para-hydroxylation sites is 1. The maximum absolute atomic E-state index is 13.5. The van der Waals surface area contributed by atoms with Gasteiger partial charge in [-0.1, -0.05) is 41.4 Å². The fourth-order valence-electron chi connectivity index (χ4n) is 3.99. The second-order valence-corrected chi connectivity index (χ2v) is 9.21. The standard InChI is InChI=1S/C28H21Cl2N3O6/c1-15(28(35)37-3)38-25-19(29)11-16(12-20(25)30)14-31-33-26(32-21-8-5-4-7-17(21)27(33)34)24-13-18-22(36-2)9-6-10-23(18)39-24/h4-15H,1-3H3/t15-/m1/s1. The van der Waals surface area contributed by atoms with Crippen LogP contribution >= 0.6 is 23.2 Å². The van der Waals surface area contributed by atoms with Crippen LogP contribution in [0.1, 0.15) is 12.5 Å². The Labute approximate surface area is 232 Å². The first-order valence-corrected chi connectivity index (χ1v) is 12.4. The molecule has 11 heteroatoms. The number of methoxy groups -OCH3 is 2. The van der Waals surface area contributed by atoms with Crippen molar-refractivity contribution in [2.75, 3.05) is 14.2 Å². The number of hydrogen-bond acceptors (Lipinski definition) is 8. The number of nitrogens with zero attached hydrogens (tertiary/aromatic N) is 3. The molecule has 0 aliphatic rings. The van der Waals surface area contributed by atoms with Crippen molar-refractivity contribution in [3.63, 3.8) is 0 Å². The summed E-state index contributed by atoms with van der Waals surface area (Å²) in [7, 11) is 2.82. The molecule has 0 unspecified atom stereocenters. The predicted molar refractivity (Wildman–Crippen MR) is 149 cm³/mol. The number of esters is 1. The zero-order chi connectivity index (χ0) is 27.7. The van der Waals surface area contributed by atoms with Gasteiger partial charge in [-0.2, -0.15) is 9.78 Å². The summed E-state index contributed by atoms with van der Waals surface area (Å²) in [6.45, 7) is 1.52. The van der Waals surface area contributed by atoms with Crippen molar-refractivity contribution >= 4 is 57.3 Å². The lowest BCUT2D eigenvalue weighted by atomic mass is 10.2. The minimum atomic E-state index is -0.920. The number of aromatic nitrogens is 2. The van der Waals surface area contributed by atoms with Crippen LogP contribution in [0.4, 0.5) is 0 Å². The van der Waals surface area contributed by atoms with E-state index in [-0.39, 0.29) is 21.6 Å². The van der Waals surface area contributed by atoms with Crippen molar-refractivity contribution in [1.29, 1.82) is 0 Å². The van der Waals surface area contributed by atoms with E-state index in [1.807, 2.05) is 6.07 Å². The molecule has 5 aromatic rings. The highest BCUT2D eigenvalue weighted by atomic mass is 35.5. The van der Waals surface area contributed by atoms with E-state index in [0.29, 0.717) is 33.6 Å². The Morgan fingerprint density at radius 2 is 1.79 bits per heavy atom. The van der Waals surface area contributed by atoms with Crippen LogP contribution in [-0.2, 0) is 9.53 Å². The molecule has 3 aromatic carbocycles. The van der Waals surface area contributed by atoms with Crippen LogP contribution < -0.4 is 15.0 Å². The second kappa shape index (κ2) is 10.8. The molecular weight excluding hydrogens is 545 g/mol. The molecule has 39 heavy (non-hydrogen) atoms. The molecule has 0 amide bonds. The van der Waals surface area contributed by atoms with Gasteiger partial charge in [-0.15, -0.1) is 0 Å². The smallest absolute Gasteiger partial charge is 0.346 e. The first-order valence-electron chi connectivity index (χ1n) is 11.7. The Bertz CT molecular complexity index is 1790. The molecule has 0 radical (unpaired) electrons. The zero-order valence-electron chi connectivity index (χ0n) is 21.0. The average molecular weight is 566 g/mol. The maximum Gasteiger partial charge on any atom is 0.346 e. The lowest BCUT2D eigenvalue weighted by molar-refractivity contribution is -0.147.